The van der Waals surface area contributed by atoms with E-state index in [2.05, 4.69) is 38.6 Å². The summed E-state index contributed by atoms with van der Waals surface area (Å²) >= 11 is 0. The van der Waals surface area contributed by atoms with Gasteiger partial charge in [-0.2, -0.15) is 4.31 Å². The number of benzene rings is 2. The molecule has 43 heavy (non-hydrogen) atoms. The van der Waals surface area contributed by atoms with Gasteiger partial charge in [-0.3, -0.25) is 9.80 Å². The van der Waals surface area contributed by atoms with Crippen LogP contribution in [0, 0.1) is 0 Å². The summed E-state index contributed by atoms with van der Waals surface area (Å²) < 4.78 is 35.8. The van der Waals surface area contributed by atoms with E-state index in [1.807, 2.05) is 18.2 Å². The van der Waals surface area contributed by atoms with Crippen LogP contribution >= 0.6 is 0 Å². The van der Waals surface area contributed by atoms with Crippen LogP contribution in [0.3, 0.4) is 0 Å². The lowest BCUT2D eigenvalue weighted by molar-refractivity contribution is 0.0696. The van der Waals surface area contributed by atoms with Gasteiger partial charge < -0.3 is 24.5 Å². The molecule has 0 aliphatic carbocycles. The van der Waals surface area contributed by atoms with Crippen molar-refractivity contribution in [3.8, 4) is 11.5 Å². The second-order valence-electron chi connectivity index (χ2n) is 11.4. The van der Waals surface area contributed by atoms with E-state index < -0.39 is 16.0 Å². The summed E-state index contributed by atoms with van der Waals surface area (Å²) in [5.74, 6) is -0.526. The molecule has 238 valence electrons. The number of carbonyl (C=O) groups is 1. The quantitative estimate of drug-likeness (QED) is 0.341. The van der Waals surface area contributed by atoms with Gasteiger partial charge in [0.15, 0.2) is 5.75 Å². The molecule has 2 saturated heterocycles. The Labute approximate surface area is 257 Å². The lowest BCUT2D eigenvalue weighted by Crippen LogP contribution is -2.49. The molecule has 2 aliphatic rings. The first-order valence-electron chi connectivity index (χ1n) is 15.3. The van der Waals surface area contributed by atoms with Gasteiger partial charge in [-0.25, -0.2) is 13.2 Å². The SMILES string of the molecule is CCN(CC)S(=O)(=O)c1cc(C(=O)O)cc(N(CCN2CCN(C)CC2)CCN2CCN(C)CC2)c1Oc1ccccc1. The van der Waals surface area contributed by atoms with Crippen LogP contribution in [0.5, 0.6) is 11.5 Å². The minimum absolute atomic E-state index is 0.0784. The van der Waals surface area contributed by atoms with Crippen molar-refractivity contribution in [3.63, 3.8) is 0 Å². The number of anilines is 1. The van der Waals surface area contributed by atoms with Gasteiger partial charge in [0, 0.05) is 91.6 Å². The van der Waals surface area contributed by atoms with Gasteiger partial charge in [0.05, 0.1) is 11.3 Å². The Kier molecular flexibility index (Phi) is 11.8. The lowest BCUT2D eigenvalue weighted by Gasteiger charge is -2.37. The van der Waals surface area contributed by atoms with Crippen molar-refractivity contribution in [3.05, 3.63) is 48.0 Å². The third kappa shape index (κ3) is 8.68. The van der Waals surface area contributed by atoms with E-state index >= 15 is 0 Å². The molecule has 0 atom stereocenters. The molecule has 4 rings (SSSR count). The Balaban J connectivity index is 1.79. The summed E-state index contributed by atoms with van der Waals surface area (Å²) in [6.45, 7) is 14.6. The van der Waals surface area contributed by atoms with Gasteiger partial charge in [-0.1, -0.05) is 32.0 Å². The molecular weight excluding hydrogens is 568 g/mol. The number of para-hydroxylation sites is 1. The van der Waals surface area contributed by atoms with E-state index in [1.165, 1.54) is 10.4 Å². The van der Waals surface area contributed by atoms with Gasteiger partial charge in [0.2, 0.25) is 10.0 Å². The summed E-state index contributed by atoms with van der Waals surface area (Å²) in [4.78, 5) is 23.9. The molecule has 12 heteroatoms. The van der Waals surface area contributed by atoms with Crippen LogP contribution in [0.4, 0.5) is 5.69 Å². The molecule has 2 fully saturated rings. The minimum atomic E-state index is -4.06. The number of sulfonamides is 1. The first-order valence-corrected chi connectivity index (χ1v) is 16.8. The molecule has 0 aromatic heterocycles. The maximum atomic E-state index is 14.0. The third-order valence-corrected chi connectivity index (χ3v) is 10.5. The van der Waals surface area contributed by atoms with Crippen LogP contribution in [-0.4, -0.2) is 149 Å². The summed E-state index contributed by atoms with van der Waals surface area (Å²) in [5.41, 5.74) is 0.406. The number of ether oxygens (including phenoxy) is 1. The van der Waals surface area contributed by atoms with Crippen LogP contribution in [0.25, 0.3) is 0 Å². The fourth-order valence-corrected chi connectivity index (χ4v) is 7.18. The zero-order valence-electron chi connectivity index (χ0n) is 26.1. The number of hydrogen-bond acceptors (Lipinski definition) is 9. The average Bonchev–Trinajstić information content (AvgIpc) is 3.00. The molecule has 0 unspecified atom stereocenters. The molecule has 2 aromatic carbocycles. The molecular formula is C31H48N6O5S. The molecule has 0 spiro atoms. The molecule has 2 heterocycles. The Morgan fingerprint density at radius 1 is 0.837 bits per heavy atom. The third-order valence-electron chi connectivity index (χ3n) is 8.47. The largest absolute Gasteiger partial charge is 0.478 e. The standard InChI is InChI=1S/C31H48N6O5S/c1-5-37(6-2)43(40,41)29-25-26(31(38)39)24-28(30(29)42-27-10-8-7-9-11-27)36(22-20-34-16-12-32(3)13-17-34)23-21-35-18-14-33(4)15-19-35/h7-11,24-25H,5-6,12-23H2,1-4H3,(H,38,39). The zero-order chi connectivity index (χ0) is 31.0. The Morgan fingerprint density at radius 2 is 1.35 bits per heavy atom. The second kappa shape index (κ2) is 15.3. The summed E-state index contributed by atoms with van der Waals surface area (Å²) in [6, 6.07) is 11.9. The van der Waals surface area contributed by atoms with Crippen molar-refractivity contribution in [1.82, 2.24) is 23.9 Å². The van der Waals surface area contributed by atoms with Gasteiger partial charge in [-0.05, 0) is 38.4 Å². The second-order valence-corrected chi connectivity index (χ2v) is 13.3. The van der Waals surface area contributed by atoms with Gasteiger partial charge >= 0.3 is 5.97 Å². The van der Waals surface area contributed by atoms with Crippen molar-refractivity contribution in [2.75, 3.05) is 111 Å². The Bertz CT molecular complexity index is 1270. The first-order chi connectivity index (χ1) is 20.6. The van der Waals surface area contributed by atoms with Gasteiger partial charge in [-0.15, -0.1) is 0 Å². The molecule has 0 amide bonds. The topological polar surface area (TPSA) is 100 Å². The Morgan fingerprint density at radius 3 is 1.81 bits per heavy atom. The average molecular weight is 617 g/mol. The van der Waals surface area contributed by atoms with E-state index in [1.54, 1.807) is 32.0 Å². The van der Waals surface area contributed by atoms with Crippen LogP contribution in [0.15, 0.2) is 47.4 Å². The van der Waals surface area contributed by atoms with Crippen molar-refractivity contribution >= 4 is 21.7 Å². The molecule has 2 aliphatic heterocycles. The van der Waals surface area contributed by atoms with Crippen molar-refractivity contribution in [1.29, 1.82) is 0 Å². The predicted octanol–water partition coefficient (Wildman–Crippen LogP) is 2.51. The molecule has 2 aromatic rings. The van der Waals surface area contributed by atoms with Crippen LogP contribution in [-0.2, 0) is 10.0 Å². The smallest absolute Gasteiger partial charge is 0.335 e. The highest BCUT2D eigenvalue weighted by atomic mass is 32.2. The first kappa shape index (κ1) is 33.2. The number of aromatic carboxylic acids is 1. The van der Waals surface area contributed by atoms with Gasteiger partial charge in [0.1, 0.15) is 10.6 Å². The van der Waals surface area contributed by atoms with Crippen molar-refractivity contribution < 1.29 is 23.1 Å². The van der Waals surface area contributed by atoms with E-state index in [-0.39, 0.29) is 29.3 Å². The van der Waals surface area contributed by atoms with Crippen LogP contribution in [0.2, 0.25) is 0 Å². The maximum Gasteiger partial charge on any atom is 0.335 e. The maximum absolute atomic E-state index is 14.0. The number of nitrogens with zero attached hydrogens (tertiary/aromatic N) is 6. The fraction of sp³-hybridized carbons (Fsp3) is 0.581. The van der Waals surface area contributed by atoms with E-state index in [4.69, 9.17) is 4.74 Å². The molecule has 11 nitrogen and oxygen atoms in total. The highest BCUT2D eigenvalue weighted by molar-refractivity contribution is 7.89. The highest BCUT2D eigenvalue weighted by Gasteiger charge is 2.32. The van der Waals surface area contributed by atoms with Crippen molar-refractivity contribution in [2.24, 2.45) is 0 Å². The van der Waals surface area contributed by atoms with Crippen LogP contribution < -0.4 is 9.64 Å². The van der Waals surface area contributed by atoms with Gasteiger partial charge in [0.25, 0.3) is 0 Å². The number of carboxylic acid groups (broad SMARTS) is 1. The molecule has 0 radical (unpaired) electrons. The monoisotopic (exact) mass is 616 g/mol. The lowest BCUT2D eigenvalue weighted by atomic mass is 10.1. The number of likely N-dealkylation sites (N-methyl/N-ethyl adjacent to an activating group) is 2. The Hall–Kier alpha value is -2.74. The number of piperazine rings is 2. The van der Waals surface area contributed by atoms with E-state index in [0.29, 0.717) is 24.5 Å². The molecule has 0 saturated carbocycles. The van der Waals surface area contributed by atoms with E-state index in [9.17, 15) is 18.3 Å². The predicted molar refractivity (Wildman–Crippen MR) is 170 cm³/mol. The van der Waals surface area contributed by atoms with E-state index in [0.717, 1.165) is 65.4 Å². The fourth-order valence-electron chi connectivity index (χ4n) is 5.57. The van der Waals surface area contributed by atoms with Crippen LogP contribution in [0.1, 0.15) is 24.2 Å². The number of rotatable bonds is 14. The highest BCUT2D eigenvalue weighted by Crippen LogP contribution is 2.41. The summed E-state index contributed by atoms with van der Waals surface area (Å²) in [7, 11) is 0.194. The number of carboxylic acids is 1. The summed E-state index contributed by atoms with van der Waals surface area (Å²) in [6.07, 6.45) is 0. The summed E-state index contributed by atoms with van der Waals surface area (Å²) in [5, 5.41) is 10.1. The normalized spacial score (nSPS) is 17.8. The van der Waals surface area contributed by atoms with Crippen molar-refractivity contribution in [2.45, 2.75) is 18.7 Å². The minimum Gasteiger partial charge on any atom is -0.478 e. The molecule has 0 bridgehead atoms. The molecule has 1 N–H and O–H groups in total. The zero-order valence-corrected chi connectivity index (χ0v) is 26.9. The number of hydrogen-bond donors (Lipinski definition) is 1.